The summed E-state index contributed by atoms with van der Waals surface area (Å²) in [5, 5.41) is 2.50. The predicted molar refractivity (Wildman–Crippen MR) is 95.2 cm³/mol. The summed E-state index contributed by atoms with van der Waals surface area (Å²) >= 11 is 18.2. The van der Waals surface area contributed by atoms with E-state index in [0.29, 0.717) is 20.9 Å². The highest BCUT2D eigenvalue weighted by molar-refractivity contribution is 6.36. The number of benzene rings is 2. The maximum atomic E-state index is 6.25. The molecule has 0 unspecified atom stereocenters. The molecule has 0 saturated carbocycles. The zero-order valence-corrected chi connectivity index (χ0v) is 13.9. The van der Waals surface area contributed by atoms with E-state index in [4.69, 9.17) is 34.8 Å². The average Bonchev–Trinajstić information content (AvgIpc) is 2.48. The Morgan fingerprint density at radius 3 is 2.64 bits per heavy atom. The number of aryl methyl sites for hydroxylation is 1. The third kappa shape index (κ3) is 3.09. The van der Waals surface area contributed by atoms with E-state index >= 15 is 0 Å². The SMILES string of the molecule is Cc1cccc2cc(C=Nc3ccc(Cl)cc3Cl)c(Cl)nc12. The van der Waals surface area contributed by atoms with Crippen LogP contribution < -0.4 is 0 Å². The summed E-state index contributed by atoms with van der Waals surface area (Å²) in [7, 11) is 0. The zero-order valence-electron chi connectivity index (χ0n) is 11.6. The Morgan fingerprint density at radius 2 is 1.86 bits per heavy atom. The lowest BCUT2D eigenvalue weighted by molar-refractivity contribution is 1.36. The van der Waals surface area contributed by atoms with Gasteiger partial charge in [0.1, 0.15) is 5.15 Å². The molecule has 0 fully saturated rings. The predicted octanol–water partition coefficient (Wildman–Crippen LogP) is 6.25. The minimum absolute atomic E-state index is 0.413. The van der Waals surface area contributed by atoms with Crippen LogP contribution in [-0.4, -0.2) is 11.2 Å². The van der Waals surface area contributed by atoms with Gasteiger partial charge in [-0.3, -0.25) is 4.99 Å². The van der Waals surface area contributed by atoms with Crippen molar-refractivity contribution in [1.29, 1.82) is 0 Å². The number of hydrogen-bond donors (Lipinski definition) is 0. The minimum Gasteiger partial charge on any atom is -0.255 e. The standard InChI is InChI=1S/C17H11Cl3N2/c1-10-3-2-4-11-7-12(17(20)22-16(10)11)9-21-15-6-5-13(18)8-14(15)19/h2-9H,1H3. The van der Waals surface area contributed by atoms with E-state index in [-0.39, 0.29) is 0 Å². The Labute approximate surface area is 143 Å². The Kier molecular flexibility index (Phi) is 4.34. The van der Waals surface area contributed by atoms with Crippen molar-refractivity contribution in [3.8, 4) is 0 Å². The molecule has 0 amide bonds. The quantitative estimate of drug-likeness (QED) is 0.396. The second-order valence-electron chi connectivity index (χ2n) is 4.87. The highest BCUT2D eigenvalue weighted by Gasteiger charge is 2.05. The fourth-order valence-electron chi connectivity index (χ4n) is 2.16. The van der Waals surface area contributed by atoms with Crippen molar-refractivity contribution in [3.63, 3.8) is 0 Å². The van der Waals surface area contributed by atoms with Crippen molar-refractivity contribution >= 4 is 57.6 Å². The second kappa shape index (κ2) is 6.25. The maximum Gasteiger partial charge on any atom is 0.138 e. The van der Waals surface area contributed by atoms with Crippen LogP contribution >= 0.6 is 34.8 Å². The third-order valence-corrected chi connectivity index (χ3v) is 4.12. The number of hydrogen-bond acceptors (Lipinski definition) is 2. The largest absolute Gasteiger partial charge is 0.255 e. The molecule has 1 aromatic heterocycles. The van der Waals surface area contributed by atoms with Gasteiger partial charge in [-0.25, -0.2) is 4.98 Å². The molecule has 0 aliphatic carbocycles. The van der Waals surface area contributed by atoms with E-state index < -0.39 is 0 Å². The first-order chi connectivity index (χ1) is 10.5. The van der Waals surface area contributed by atoms with Crippen molar-refractivity contribution < 1.29 is 0 Å². The van der Waals surface area contributed by atoms with Crippen molar-refractivity contribution in [2.45, 2.75) is 6.92 Å². The first-order valence-corrected chi connectivity index (χ1v) is 7.73. The fourth-order valence-corrected chi connectivity index (χ4v) is 2.80. The topological polar surface area (TPSA) is 25.2 Å². The number of halogens is 3. The molecule has 0 saturated heterocycles. The third-order valence-electron chi connectivity index (χ3n) is 3.28. The minimum atomic E-state index is 0.413. The molecule has 1 heterocycles. The zero-order chi connectivity index (χ0) is 15.7. The molecule has 0 aliphatic heterocycles. The number of para-hydroxylation sites is 1. The molecule has 0 atom stereocenters. The molecule has 0 N–H and O–H groups in total. The van der Waals surface area contributed by atoms with Crippen LogP contribution in [0.3, 0.4) is 0 Å². The van der Waals surface area contributed by atoms with Gasteiger partial charge in [0.15, 0.2) is 0 Å². The van der Waals surface area contributed by atoms with Crippen LogP contribution in [0.25, 0.3) is 10.9 Å². The van der Waals surface area contributed by atoms with Crippen molar-refractivity contribution in [1.82, 2.24) is 4.98 Å². The van der Waals surface area contributed by atoms with Gasteiger partial charge >= 0.3 is 0 Å². The molecule has 2 nitrogen and oxygen atoms in total. The van der Waals surface area contributed by atoms with Gasteiger partial charge in [0.25, 0.3) is 0 Å². The normalized spacial score (nSPS) is 11.5. The number of aliphatic imine (C=N–C) groups is 1. The molecule has 22 heavy (non-hydrogen) atoms. The van der Waals surface area contributed by atoms with Crippen LogP contribution in [0.4, 0.5) is 5.69 Å². The average molecular weight is 350 g/mol. The monoisotopic (exact) mass is 348 g/mol. The van der Waals surface area contributed by atoms with Gasteiger partial charge in [0.2, 0.25) is 0 Å². The highest BCUT2D eigenvalue weighted by atomic mass is 35.5. The van der Waals surface area contributed by atoms with Gasteiger partial charge in [0.05, 0.1) is 16.2 Å². The van der Waals surface area contributed by atoms with Crippen LogP contribution in [0.1, 0.15) is 11.1 Å². The van der Waals surface area contributed by atoms with Crippen molar-refractivity contribution in [2.24, 2.45) is 4.99 Å². The van der Waals surface area contributed by atoms with Crippen molar-refractivity contribution in [3.05, 3.63) is 68.8 Å². The molecular weight excluding hydrogens is 339 g/mol. The molecule has 3 rings (SSSR count). The van der Waals surface area contributed by atoms with E-state index in [1.165, 1.54) is 0 Å². The van der Waals surface area contributed by atoms with Gasteiger partial charge < -0.3 is 0 Å². The molecule has 0 radical (unpaired) electrons. The number of pyridine rings is 1. The first-order valence-electron chi connectivity index (χ1n) is 6.59. The smallest absolute Gasteiger partial charge is 0.138 e. The number of rotatable bonds is 2. The van der Waals surface area contributed by atoms with Gasteiger partial charge in [-0.2, -0.15) is 0 Å². The molecule has 0 bridgehead atoms. The van der Waals surface area contributed by atoms with E-state index in [1.807, 2.05) is 31.2 Å². The number of aromatic nitrogens is 1. The van der Waals surface area contributed by atoms with Crippen LogP contribution in [0.5, 0.6) is 0 Å². The molecule has 2 aromatic carbocycles. The van der Waals surface area contributed by atoms with Gasteiger partial charge in [-0.05, 0) is 36.8 Å². The Hall–Kier alpha value is -1.61. The Balaban J connectivity index is 2.03. The second-order valence-corrected chi connectivity index (χ2v) is 6.07. The molecule has 0 spiro atoms. The summed E-state index contributed by atoms with van der Waals surface area (Å²) in [6.07, 6.45) is 1.66. The highest BCUT2D eigenvalue weighted by Crippen LogP contribution is 2.28. The van der Waals surface area contributed by atoms with Crippen LogP contribution in [0, 0.1) is 6.92 Å². The Bertz CT molecular complexity index is 888. The van der Waals surface area contributed by atoms with Crippen LogP contribution in [0.2, 0.25) is 15.2 Å². The molecule has 3 aromatic rings. The van der Waals surface area contributed by atoms with E-state index in [9.17, 15) is 0 Å². The Morgan fingerprint density at radius 1 is 1.05 bits per heavy atom. The maximum absolute atomic E-state index is 6.25. The van der Waals surface area contributed by atoms with E-state index in [0.717, 1.165) is 22.0 Å². The van der Waals surface area contributed by atoms with E-state index in [2.05, 4.69) is 9.98 Å². The van der Waals surface area contributed by atoms with Gasteiger partial charge in [-0.1, -0.05) is 53.0 Å². The first kappa shape index (κ1) is 15.3. The fraction of sp³-hybridized carbons (Fsp3) is 0.0588. The number of nitrogens with zero attached hydrogens (tertiary/aromatic N) is 2. The summed E-state index contributed by atoms with van der Waals surface area (Å²) in [6.45, 7) is 2.01. The lowest BCUT2D eigenvalue weighted by Crippen LogP contribution is -1.90. The molecule has 110 valence electrons. The van der Waals surface area contributed by atoms with Gasteiger partial charge in [0, 0.05) is 22.2 Å². The lowest BCUT2D eigenvalue weighted by atomic mass is 10.1. The lowest BCUT2D eigenvalue weighted by Gasteiger charge is -2.04. The summed E-state index contributed by atoms with van der Waals surface area (Å²) in [6, 6.07) is 13.1. The summed E-state index contributed by atoms with van der Waals surface area (Å²) in [5.41, 5.74) is 3.36. The number of fused-ring (bicyclic) bond motifs is 1. The summed E-state index contributed by atoms with van der Waals surface area (Å²) in [5.74, 6) is 0. The van der Waals surface area contributed by atoms with Crippen LogP contribution in [0.15, 0.2) is 47.5 Å². The van der Waals surface area contributed by atoms with Crippen LogP contribution in [-0.2, 0) is 0 Å². The molecule has 0 aliphatic rings. The van der Waals surface area contributed by atoms with Gasteiger partial charge in [-0.15, -0.1) is 0 Å². The molecule has 5 heteroatoms. The molecular formula is C17H11Cl3N2. The summed E-state index contributed by atoms with van der Waals surface area (Å²) < 4.78 is 0. The van der Waals surface area contributed by atoms with Crippen molar-refractivity contribution in [2.75, 3.05) is 0 Å². The summed E-state index contributed by atoms with van der Waals surface area (Å²) in [4.78, 5) is 8.81. The van der Waals surface area contributed by atoms with E-state index in [1.54, 1.807) is 24.4 Å².